The van der Waals surface area contributed by atoms with Crippen molar-refractivity contribution < 1.29 is 5.11 Å². The summed E-state index contributed by atoms with van der Waals surface area (Å²) >= 11 is 0. The predicted molar refractivity (Wildman–Crippen MR) is 283 cm³/mol. The lowest BCUT2D eigenvalue weighted by Crippen LogP contribution is -2.13. The maximum Gasteiger partial charge on any atom is 0.149 e. The molecule has 0 fully saturated rings. The Kier molecular flexibility index (Phi) is 11.9. The van der Waals surface area contributed by atoms with Gasteiger partial charge in [-0.3, -0.25) is 9.55 Å². The molecule has 4 heteroatoms. The second-order valence-corrected chi connectivity index (χ2v) is 21.0. The highest BCUT2D eigenvalue weighted by Crippen LogP contribution is 2.45. The molecule has 9 aromatic rings. The summed E-state index contributed by atoms with van der Waals surface area (Å²) in [6, 6.07) is 57.1. The van der Waals surface area contributed by atoms with E-state index in [1.807, 2.05) is 6.20 Å². The molecule has 0 unspecified atom stereocenters. The van der Waals surface area contributed by atoms with Gasteiger partial charge in [0.05, 0.1) is 28.0 Å². The smallest absolute Gasteiger partial charge is 0.149 e. The lowest BCUT2D eigenvalue weighted by Gasteiger charge is -2.24. The van der Waals surface area contributed by atoms with Crippen molar-refractivity contribution in [2.24, 2.45) is 0 Å². The molecule has 0 bridgehead atoms. The molecule has 67 heavy (non-hydrogen) atoms. The van der Waals surface area contributed by atoms with Gasteiger partial charge in [-0.05, 0) is 134 Å². The first-order valence-corrected chi connectivity index (χ1v) is 23.8. The minimum atomic E-state index is -0.130. The number of imidazole rings is 1. The number of phenolic OH excluding ortho intramolecular Hbond substituents is 1. The van der Waals surface area contributed by atoms with E-state index in [4.69, 9.17) is 9.97 Å². The highest BCUT2D eigenvalue weighted by Gasteiger charge is 2.27. The molecular formula is C63H63N3O. The molecule has 0 amide bonds. The highest BCUT2D eigenvalue weighted by atomic mass is 16.3. The van der Waals surface area contributed by atoms with E-state index in [9.17, 15) is 5.11 Å². The van der Waals surface area contributed by atoms with Crippen LogP contribution >= 0.6 is 0 Å². The zero-order valence-corrected chi connectivity index (χ0v) is 41.0. The Morgan fingerprint density at radius 2 is 1.13 bits per heavy atom. The van der Waals surface area contributed by atoms with E-state index >= 15 is 0 Å². The number of aryl methyl sites for hydroxylation is 1. The molecule has 336 valence electrons. The van der Waals surface area contributed by atoms with Crippen LogP contribution in [0.5, 0.6) is 5.75 Å². The first-order chi connectivity index (χ1) is 31.9. The molecule has 7 aromatic carbocycles. The number of aromatic hydroxyl groups is 1. The summed E-state index contributed by atoms with van der Waals surface area (Å²) in [4.78, 5) is 10.7. The van der Waals surface area contributed by atoms with Crippen LogP contribution in [0.25, 0.3) is 83.9 Å². The fraction of sp³-hybridized carbons (Fsp3) is 0.238. The number of rotatable bonds is 9. The lowest BCUT2D eigenvalue weighted by molar-refractivity contribution is 0.466. The van der Waals surface area contributed by atoms with Gasteiger partial charge in [-0.2, -0.15) is 0 Å². The molecule has 0 spiro atoms. The van der Waals surface area contributed by atoms with E-state index in [1.165, 1.54) is 16.7 Å². The number of hydrogen-bond donors (Lipinski definition) is 1. The largest absolute Gasteiger partial charge is 0.507 e. The minimum Gasteiger partial charge on any atom is -0.507 e. The summed E-state index contributed by atoms with van der Waals surface area (Å²) in [5.74, 6) is 1.32. The summed E-state index contributed by atoms with van der Waals surface area (Å²) in [5.41, 5.74) is 19.9. The molecule has 0 saturated carbocycles. The van der Waals surface area contributed by atoms with E-state index in [0.29, 0.717) is 5.82 Å². The van der Waals surface area contributed by atoms with Crippen LogP contribution in [0.2, 0.25) is 0 Å². The zero-order valence-electron chi connectivity index (χ0n) is 41.0. The van der Waals surface area contributed by atoms with Crippen molar-refractivity contribution in [3.05, 3.63) is 192 Å². The van der Waals surface area contributed by atoms with E-state index in [2.05, 4.69) is 238 Å². The Morgan fingerprint density at radius 1 is 0.493 bits per heavy atom. The second-order valence-electron chi connectivity index (χ2n) is 21.0. The topological polar surface area (TPSA) is 50.9 Å². The van der Waals surface area contributed by atoms with Crippen molar-refractivity contribution in [3.63, 3.8) is 0 Å². The number of para-hydroxylation sites is 1. The van der Waals surface area contributed by atoms with E-state index < -0.39 is 0 Å². The first kappa shape index (κ1) is 45.1. The maximum absolute atomic E-state index is 12.5. The average molecular weight is 878 g/mol. The summed E-state index contributed by atoms with van der Waals surface area (Å²) in [6.45, 7) is 24.4. The van der Waals surface area contributed by atoms with E-state index in [-0.39, 0.29) is 28.4 Å². The SMILES string of the molecule is Cc1ccc(-c2ccnc(-c3cc(-c4ccccc4)cc(-c4cccc5c4nc(-c4cc(C(C)C)cc(C(C)C)c4O)n5-c4cc(C(C)(C)C)ccc4-c4ccc(C(C)(C)C)cc4)c3)c2)cc1. The maximum atomic E-state index is 12.5. The molecule has 2 heterocycles. The van der Waals surface area contributed by atoms with Crippen LogP contribution in [0.3, 0.4) is 0 Å². The van der Waals surface area contributed by atoms with Crippen LogP contribution < -0.4 is 0 Å². The fourth-order valence-electron chi connectivity index (χ4n) is 9.20. The van der Waals surface area contributed by atoms with Crippen molar-refractivity contribution in [1.29, 1.82) is 0 Å². The van der Waals surface area contributed by atoms with Crippen molar-refractivity contribution in [3.8, 4) is 78.6 Å². The third-order valence-corrected chi connectivity index (χ3v) is 13.3. The Bertz CT molecular complexity index is 3250. The third kappa shape index (κ3) is 8.98. The van der Waals surface area contributed by atoms with Crippen molar-refractivity contribution in [1.82, 2.24) is 14.5 Å². The number of nitrogens with zero attached hydrogens (tertiary/aromatic N) is 3. The normalized spacial score (nSPS) is 12.1. The number of hydrogen-bond acceptors (Lipinski definition) is 3. The van der Waals surface area contributed by atoms with Crippen LogP contribution in [0.1, 0.15) is 109 Å². The third-order valence-electron chi connectivity index (χ3n) is 13.3. The summed E-state index contributed by atoms with van der Waals surface area (Å²) in [7, 11) is 0. The van der Waals surface area contributed by atoms with Crippen LogP contribution in [0, 0.1) is 6.92 Å². The summed E-state index contributed by atoms with van der Waals surface area (Å²) in [5, 5.41) is 12.5. The molecule has 0 aliphatic carbocycles. The molecule has 0 atom stereocenters. The van der Waals surface area contributed by atoms with Gasteiger partial charge in [0.2, 0.25) is 0 Å². The molecule has 2 aromatic heterocycles. The minimum absolute atomic E-state index is 0.0201. The number of phenols is 1. The predicted octanol–water partition coefficient (Wildman–Crippen LogP) is 17.3. The van der Waals surface area contributed by atoms with Crippen molar-refractivity contribution in [2.45, 2.75) is 98.8 Å². The van der Waals surface area contributed by atoms with Crippen LogP contribution in [0.15, 0.2) is 164 Å². The van der Waals surface area contributed by atoms with Gasteiger partial charge in [-0.15, -0.1) is 0 Å². The molecule has 1 N–H and O–H groups in total. The highest BCUT2D eigenvalue weighted by molar-refractivity contribution is 5.98. The van der Waals surface area contributed by atoms with Crippen molar-refractivity contribution in [2.75, 3.05) is 0 Å². The van der Waals surface area contributed by atoms with Crippen LogP contribution in [0.4, 0.5) is 0 Å². The van der Waals surface area contributed by atoms with E-state index in [0.717, 1.165) is 89.2 Å². The zero-order chi connectivity index (χ0) is 47.4. The number of fused-ring (bicyclic) bond motifs is 1. The Balaban J connectivity index is 1.36. The molecule has 0 saturated heterocycles. The van der Waals surface area contributed by atoms with Crippen molar-refractivity contribution >= 4 is 11.0 Å². The molecule has 0 aliphatic rings. The average Bonchev–Trinajstić information content (AvgIpc) is 3.70. The fourth-order valence-corrected chi connectivity index (χ4v) is 9.20. The van der Waals surface area contributed by atoms with Gasteiger partial charge in [-0.1, -0.05) is 184 Å². The second kappa shape index (κ2) is 17.6. The van der Waals surface area contributed by atoms with Gasteiger partial charge in [0.25, 0.3) is 0 Å². The van der Waals surface area contributed by atoms with Gasteiger partial charge < -0.3 is 5.11 Å². The van der Waals surface area contributed by atoms with E-state index in [1.54, 1.807) is 0 Å². The molecule has 0 aliphatic heterocycles. The molecule has 0 radical (unpaired) electrons. The Morgan fingerprint density at radius 3 is 1.81 bits per heavy atom. The van der Waals surface area contributed by atoms with Gasteiger partial charge >= 0.3 is 0 Å². The Labute approximate surface area is 398 Å². The molecular weight excluding hydrogens is 815 g/mol. The van der Waals surface area contributed by atoms with Crippen LogP contribution in [-0.4, -0.2) is 19.6 Å². The summed E-state index contributed by atoms with van der Waals surface area (Å²) < 4.78 is 2.32. The first-order valence-electron chi connectivity index (χ1n) is 23.8. The summed E-state index contributed by atoms with van der Waals surface area (Å²) in [6.07, 6.45) is 1.91. The number of benzene rings is 7. The lowest BCUT2D eigenvalue weighted by atomic mass is 9.84. The standard InChI is InChI=1S/C63H63N3O/c1-39(2)46-35-54(40(3)4)60(67)55(36-46)61-65-59-53(18-15-19-57(59)66(61)58-38-51(63(9,10)11)28-29-52(58)44-24-26-50(27-25-44)62(6,7)8)48-32-47(42-16-13-12-14-17-42)33-49(34-48)56-37-45(30-31-64-56)43-22-20-41(5)21-23-43/h12-40,67H,1-11H3. The van der Waals surface area contributed by atoms with Gasteiger partial charge in [0.1, 0.15) is 11.6 Å². The molecule has 9 rings (SSSR count). The molecule has 4 nitrogen and oxygen atoms in total. The quantitative estimate of drug-likeness (QED) is 0.157. The van der Waals surface area contributed by atoms with Gasteiger partial charge in [0, 0.05) is 22.9 Å². The van der Waals surface area contributed by atoms with Crippen LogP contribution in [-0.2, 0) is 10.8 Å². The van der Waals surface area contributed by atoms with Gasteiger partial charge in [-0.25, -0.2) is 4.98 Å². The number of aromatic nitrogens is 3. The Hall–Kier alpha value is -7.04. The van der Waals surface area contributed by atoms with Gasteiger partial charge in [0.15, 0.2) is 0 Å². The number of pyridine rings is 1. The monoisotopic (exact) mass is 877 g/mol.